The number of hydrogen-bond acceptors (Lipinski definition) is 4. The summed E-state index contributed by atoms with van der Waals surface area (Å²) < 4.78 is 9.02. The standard InChI is InChI=1S/C13H20ClN5O2/c1-4-9-11-13(18(3)17-9)19(12(16-11)8(2)14)5-6-21-7-10(15)20/h8H,4-7H2,1-3H3,(H2,15,20). The summed E-state index contributed by atoms with van der Waals surface area (Å²) in [5.41, 5.74) is 7.78. The molecule has 0 bridgehead atoms. The number of nitrogens with zero attached hydrogens (tertiary/aromatic N) is 4. The van der Waals surface area contributed by atoms with E-state index in [1.54, 1.807) is 4.68 Å². The Morgan fingerprint density at radius 2 is 2.24 bits per heavy atom. The first-order valence-electron chi connectivity index (χ1n) is 6.87. The minimum atomic E-state index is -0.481. The number of fused-ring (bicyclic) bond motifs is 1. The third kappa shape index (κ3) is 3.19. The van der Waals surface area contributed by atoms with Gasteiger partial charge >= 0.3 is 0 Å². The van der Waals surface area contributed by atoms with Gasteiger partial charge in [0.05, 0.1) is 17.7 Å². The normalized spacial score (nSPS) is 13.0. The maximum atomic E-state index is 10.7. The van der Waals surface area contributed by atoms with E-state index in [1.807, 2.05) is 25.5 Å². The molecule has 0 fully saturated rings. The van der Waals surface area contributed by atoms with Gasteiger partial charge in [-0.2, -0.15) is 5.10 Å². The van der Waals surface area contributed by atoms with Gasteiger partial charge in [-0.1, -0.05) is 6.92 Å². The summed E-state index contributed by atoms with van der Waals surface area (Å²) in [5, 5.41) is 4.24. The van der Waals surface area contributed by atoms with Gasteiger partial charge in [0.1, 0.15) is 17.9 Å². The van der Waals surface area contributed by atoms with Gasteiger partial charge in [-0.3, -0.25) is 9.48 Å². The number of carbonyl (C=O) groups is 1. The highest BCUT2D eigenvalue weighted by atomic mass is 35.5. The lowest BCUT2D eigenvalue weighted by molar-refractivity contribution is -0.122. The monoisotopic (exact) mass is 313 g/mol. The van der Waals surface area contributed by atoms with Crippen LogP contribution in [0.5, 0.6) is 0 Å². The molecule has 2 heterocycles. The van der Waals surface area contributed by atoms with Crippen molar-refractivity contribution in [1.29, 1.82) is 0 Å². The van der Waals surface area contributed by atoms with E-state index in [9.17, 15) is 4.79 Å². The number of aromatic nitrogens is 4. The molecule has 0 aliphatic rings. The zero-order valence-electron chi connectivity index (χ0n) is 12.5. The fourth-order valence-corrected chi connectivity index (χ4v) is 2.52. The molecule has 0 aliphatic heterocycles. The number of primary amides is 1. The van der Waals surface area contributed by atoms with Gasteiger partial charge in [-0.25, -0.2) is 4.98 Å². The number of amides is 1. The topological polar surface area (TPSA) is 88.0 Å². The lowest BCUT2D eigenvalue weighted by Gasteiger charge is -2.11. The molecule has 2 rings (SSSR count). The first-order chi connectivity index (χ1) is 9.95. The lowest BCUT2D eigenvalue weighted by Crippen LogP contribution is -2.20. The summed E-state index contributed by atoms with van der Waals surface area (Å²) in [7, 11) is 1.88. The first kappa shape index (κ1) is 15.8. The van der Waals surface area contributed by atoms with Crippen LogP contribution in [0.3, 0.4) is 0 Å². The van der Waals surface area contributed by atoms with E-state index in [0.29, 0.717) is 13.2 Å². The molecule has 2 aromatic heterocycles. The Balaban J connectivity index is 2.32. The highest BCUT2D eigenvalue weighted by molar-refractivity contribution is 6.20. The molecule has 2 aromatic rings. The van der Waals surface area contributed by atoms with E-state index in [4.69, 9.17) is 22.1 Å². The molecule has 0 radical (unpaired) electrons. The van der Waals surface area contributed by atoms with Crippen LogP contribution in [0.2, 0.25) is 0 Å². The Morgan fingerprint density at radius 3 is 2.81 bits per heavy atom. The zero-order chi connectivity index (χ0) is 15.6. The Morgan fingerprint density at radius 1 is 1.52 bits per heavy atom. The van der Waals surface area contributed by atoms with Crippen molar-refractivity contribution in [3.63, 3.8) is 0 Å². The molecule has 8 heteroatoms. The maximum Gasteiger partial charge on any atom is 0.243 e. The average Bonchev–Trinajstić information content (AvgIpc) is 2.93. The number of ether oxygens (including phenoxy) is 1. The van der Waals surface area contributed by atoms with Crippen LogP contribution in [0.1, 0.15) is 30.7 Å². The first-order valence-corrected chi connectivity index (χ1v) is 7.31. The van der Waals surface area contributed by atoms with E-state index in [1.165, 1.54) is 0 Å². The summed E-state index contributed by atoms with van der Waals surface area (Å²) in [5.74, 6) is 0.294. The average molecular weight is 314 g/mol. The Bertz CT molecular complexity index is 647. The van der Waals surface area contributed by atoms with Crippen molar-refractivity contribution in [2.24, 2.45) is 12.8 Å². The molecule has 0 aliphatic carbocycles. The van der Waals surface area contributed by atoms with Crippen molar-refractivity contribution in [3.05, 3.63) is 11.5 Å². The molecule has 116 valence electrons. The lowest BCUT2D eigenvalue weighted by atomic mass is 10.3. The van der Waals surface area contributed by atoms with Crippen molar-refractivity contribution in [3.8, 4) is 0 Å². The van der Waals surface area contributed by atoms with Crippen molar-refractivity contribution < 1.29 is 9.53 Å². The zero-order valence-corrected chi connectivity index (χ0v) is 13.2. The third-order valence-corrected chi connectivity index (χ3v) is 3.41. The number of alkyl halides is 1. The number of carbonyl (C=O) groups excluding carboxylic acids is 1. The summed E-state index contributed by atoms with van der Waals surface area (Å²) in [6, 6.07) is 0. The molecular weight excluding hydrogens is 294 g/mol. The predicted molar refractivity (Wildman–Crippen MR) is 80.2 cm³/mol. The van der Waals surface area contributed by atoms with Crippen LogP contribution in [0.4, 0.5) is 0 Å². The number of aryl methyl sites for hydroxylation is 2. The second-order valence-corrected chi connectivity index (χ2v) is 5.51. The van der Waals surface area contributed by atoms with Gasteiger partial charge in [-0.15, -0.1) is 11.6 Å². The second-order valence-electron chi connectivity index (χ2n) is 4.85. The Hall–Kier alpha value is -1.60. The summed E-state index contributed by atoms with van der Waals surface area (Å²) in [4.78, 5) is 15.3. The van der Waals surface area contributed by atoms with Gasteiger partial charge in [0, 0.05) is 13.6 Å². The van der Waals surface area contributed by atoms with Gasteiger partial charge in [0.2, 0.25) is 5.91 Å². The van der Waals surface area contributed by atoms with Crippen LogP contribution in [0.15, 0.2) is 0 Å². The van der Waals surface area contributed by atoms with Gasteiger partial charge < -0.3 is 15.0 Å². The molecule has 0 saturated heterocycles. The number of nitrogens with two attached hydrogens (primary N) is 1. The highest BCUT2D eigenvalue weighted by Crippen LogP contribution is 2.26. The number of halogens is 1. The highest BCUT2D eigenvalue weighted by Gasteiger charge is 2.20. The van der Waals surface area contributed by atoms with Crippen molar-refractivity contribution in [2.75, 3.05) is 13.2 Å². The molecule has 1 amide bonds. The molecule has 0 saturated carbocycles. The Labute approximate surface area is 128 Å². The fraction of sp³-hybridized carbons (Fsp3) is 0.615. The summed E-state index contributed by atoms with van der Waals surface area (Å²) in [6.45, 7) is 4.73. The van der Waals surface area contributed by atoms with Crippen LogP contribution in [0.25, 0.3) is 11.2 Å². The maximum absolute atomic E-state index is 10.7. The molecule has 7 nitrogen and oxygen atoms in total. The van der Waals surface area contributed by atoms with Gasteiger partial charge in [-0.05, 0) is 13.3 Å². The molecule has 21 heavy (non-hydrogen) atoms. The molecule has 0 aromatic carbocycles. The van der Waals surface area contributed by atoms with Crippen LogP contribution in [-0.4, -0.2) is 38.5 Å². The van der Waals surface area contributed by atoms with Crippen LogP contribution >= 0.6 is 11.6 Å². The molecule has 2 N–H and O–H groups in total. The minimum absolute atomic E-state index is 0.0881. The SMILES string of the molecule is CCc1nn(C)c2c1nc(C(C)Cl)n2CCOCC(N)=O. The van der Waals surface area contributed by atoms with Crippen molar-refractivity contribution in [1.82, 2.24) is 19.3 Å². The number of rotatable bonds is 7. The Kier molecular flexibility index (Phi) is 4.84. The summed E-state index contributed by atoms with van der Waals surface area (Å²) >= 11 is 6.22. The van der Waals surface area contributed by atoms with Crippen LogP contribution < -0.4 is 5.73 Å². The minimum Gasteiger partial charge on any atom is -0.370 e. The smallest absolute Gasteiger partial charge is 0.243 e. The second kappa shape index (κ2) is 6.44. The molecular formula is C13H20ClN5O2. The quantitative estimate of drug-likeness (QED) is 0.613. The van der Waals surface area contributed by atoms with Crippen molar-refractivity contribution >= 4 is 28.7 Å². The molecule has 1 atom stereocenters. The molecule has 1 unspecified atom stereocenters. The van der Waals surface area contributed by atoms with Gasteiger partial charge in [0.15, 0.2) is 5.65 Å². The molecule has 0 spiro atoms. The van der Waals surface area contributed by atoms with E-state index in [-0.39, 0.29) is 12.0 Å². The van der Waals surface area contributed by atoms with Crippen LogP contribution in [-0.2, 0) is 29.5 Å². The van der Waals surface area contributed by atoms with E-state index in [2.05, 4.69) is 10.1 Å². The van der Waals surface area contributed by atoms with E-state index < -0.39 is 5.91 Å². The summed E-state index contributed by atoms with van der Waals surface area (Å²) in [6.07, 6.45) is 0.808. The van der Waals surface area contributed by atoms with Crippen molar-refractivity contribution in [2.45, 2.75) is 32.2 Å². The number of imidazole rings is 1. The fourth-order valence-electron chi connectivity index (χ4n) is 2.35. The third-order valence-electron chi connectivity index (χ3n) is 3.22. The van der Waals surface area contributed by atoms with Gasteiger partial charge in [0.25, 0.3) is 0 Å². The van der Waals surface area contributed by atoms with Crippen LogP contribution in [0, 0.1) is 0 Å². The predicted octanol–water partition coefficient (Wildman–Crippen LogP) is 1.13. The van der Waals surface area contributed by atoms with E-state index >= 15 is 0 Å². The number of hydrogen-bond donors (Lipinski definition) is 1. The largest absolute Gasteiger partial charge is 0.370 e. The van der Waals surface area contributed by atoms with E-state index in [0.717, 1.165) is 29.1 Å².